The number of hydrogen-bond donors (Lipinski definition) is 1. The van der Waals surface area contributed by atoms with E-state index in [2.05, 4.69) is 5.10 Å². The SMILES string of the molecule is N=C=NN1CCC1. The van der Waals surface area contributed by atoms with E-state index < -0.39 is 0 Å². The normalized spacial score (nSPS) is 17.4. The minimum Gasteiger partial charge on any atom is -0.287 e. The first-order valence-corrected chi connectivity index (χ1v) is 2.31. The summed E-state index contributed by atoms with van der Waals surface area (Å²) >= 11 is 0. The van der Waals surface area contributed by atoms with Crippen LogP contribution in [0.25, 0.3) is 0 Å². The van der Waals surface area contributed by atoms with Gasteiger partial charge in [-0.05, 0) is 6.42 Å². The fourth-order valence-electron chi connectivity index (χ4n) is 0.470. The maximum absolute atomic E-state index is 6.41. The average Bonchev–Trinajstić information content (AvgIpc) is 1.55. The first-order valence-electron chi connectivity index (χ1n) is 2.31. The molecule has 38 valence electrons. The second kappa shape index (κ2) is 1.76. The van der Waals surface area contributed by atoms with Crippen molar-refractivity contribution in [2.45, 2.75) is 6.42 Å². The van der Waals surface area contributed by atoms with Crippen LogP contribution in [0.1, 0.15) is 6.42 Å². The molecule has 1 aliphatic heterocycles. The lowest BCUT2D eigenvalue weighted by molar-refractivity contribution is 0.192. The first-order chi connectivity index (χ1) is 3.43. The van der Waals surface area contributed by atoms with Crippen LogP contribution in [0, 0.1) is 5.41 Å². The predicted molar refractivity (Wildman–Crippen MR) is 26.3 cm³/mol. The summed E-state index contributed by atoms with van der Waals surface area (Å²) in [6, 6.07) is 1.97. The van der Waals surface area contributed by atoms with Gasteiger partial charge in [0.1, 0.15) is 6.01 Å². The summed E-state index contributed by atoms with van der Waals surface area (Å²) < 4.78 is 0. The molecule has 0 aromatic rings. The molecule has 0 radical (unpaired) electrons. The van der Waals surface area contributed by atoms with E-state index in [4.69, 9.17) is 5.41 Å². The Morgan fingerprint density at radius 3 is 2.43 bits per heavy atom. The van der Waals surface area contributed by atoms with Gasteiger partial charge in [0.15, 0.2) is 0 Å². The quantitative estimate of drug-likeness (QED) is 0.471. The first kappa shape index (κ1) is 4.34. The van der Waals surface area contributed by atoms with Gasteiger partial charge in [-0.25, -0.2) is 5.41 Å². The van der Waals surface area contributed by atoms with Gasteiger partial charge in [0, 0.05) is 13.1 Å². The van der Waals surface area contributed by atoms with E-state index in [9.17, 15) is 0 Å². The zero-order valence-corrected chi connectivity index (χ0v) is 4.02. The van der Waals surface area contributed by atoms with Crippen LogP contribution in [0.4, 0.5) is 0 Å². The molecule has 1 aliphatic rings. The second-order valence-corrected chi connectivity index (χ2v) is 1.52. The Hall–Kier alpha value is -0.820. The minimum absolute atomic E-state index is 1.01. The molecular formula is C4H7N3. The van der Waals surface area contributed by atoms with Crippen molar-refractivity contribution in [3.05, 3.63) is 0 Å². The number of nitrogens with one attached hydrogen (secondary N) is 1. The molecule has 0 aliphatic carbocycles. The van der Waals surface area contributed by atoms with Gasteiger partial charge in [-0.3, -0.25) is 5.01 Å². The van der Waals surface area contributed by atoms with Crippen LogP contribution in [-0.4, -0.2) is 24.1 Å². The van der Waals surface area contributed by atoms with Crippen molar-refractivity contribution in [1.82, 2.24) is 5.01 Å². The highest BCUT2D eigenvalue weighted by Gasteiger charge is 2.08. The third-order valence-electron chi connectivity index (χ3n) is 1.02. The van der Waals surface area contributed by atoms with Crippen molar-refractivity contribution in [2.75, 3.05) is 13.1 Å². The maximum atomic E-state index is 6.41. The van der Waals surface area contributed by atoms with Gasteiger partial charge in [0.25, 0.3) is 0 Å². The molecule has 1 fully saturated rings. The van der Waals surface area contributed by atoms with E-state index >= 15 is 0 Å². The number of hydrazone groups is 1. The molecule has 0 aromatic carbocycles. The molecule has 3 heteroatoms. The van der Waals surface area contributed by atoms with Gasteiger partial charge in [-0.2, -0.15) is 0 Å². The molecule has 0 atom stereocenters. The van der Waals surface area contributed by atoms with E-state index in [1.807, 2.05) is 11.0 Å². The Bertz CT molecular complexity index is 99.5. The zero-order chi connectivity index (χ0) is 5.11. The third-order valence-corrected chi connectivity index (χ3v) is 1.02. The van der Waals surface area contributed by atoms with E-state index in [0.29, 0.717) is 0 Å². The van der Waals surface area contributed by atoms with Crippen LogP contribution in [0.5, 0.6) is 0 Å². The van der Waals surface area contributed by atoms with Crippen LogP contribution >= 0.6 is 0 Å². The van der Waals surface area contributed by atoms with Gasteiger partial charge in [0.05, 0.1) is 0 Å². The van der Waals surface area contributed by atoms with Crippen molar-refractivity contribution in [1.29, 1.82) is 5.41 Å². The largest absolute Gasteiger partial charge is 0.287 e. The highest BCUT2D eigenvalue weighted by Crippen LogP contribution is 2.03. The lowest BCUT2D eigenvalue weighted by atomic mass is 10.3. The van der Waals surface area contributed by atoms with Crippen LogP contribution < -0.4 is 0 Å². The van der Waals surface area contributed by atoms with Crippen LogP contribution in [0.15, 0.2) is 5.10 Å². The molecule has 3 nitrogen and oxygen atoms in total. The van der Waals surface area contributed by atoms with Crippen LogP contribution in [-0.2, 0) is 0 Å². The molecule has 0 spiro atoms. The Labute approximate surface area is 42.1 Å². The lowest BCUT2D eigenvalue weighted by Gasteiger charge is -2.25. The molecule has 1 N–H and O–H groups in total. The Morgan fingerprint density at radius 2 is 2.29 bits per heavy atom. The van der Waals surface area contributed by atoms with Gasteiger partial charge in [-0.15, -0.1) is 5.10 Å². The van der Waals surface area contributed by atoms with Crippen LogP contribution in [0.3, 0.4) is 0 Å². The summed E-state index contributed by atoms with van der Waals surface area (Å²) in [5, 5.41) is 11.8. The zero-order valence-electron chi connectivity index (χ0n) is 4.02. The molecule has 1 saturated heterocycles. The Morgan fingerprint density at radius 1 is 1.57 bits per heavy atom. The number of rotatable bonds is 1. The highest BCUT2D eigenvalue weighted by atomic mass is 15.5. The highest BCUT2D eigenvalue weighted by molar-refractivity contribution is 5.35. The van der Waals surface area contributed by atoms with E-state index in [0.717, 1.165) is 13.1 Å². The second-order valence-electron chi connectivity index (χ2n) is 1.52. The number of nitrogens with zero attached hydrogens (tertiary/aromatic N) is 2. The Kier molecular flexibility index (Phi) is 1.09. The van der Waals surface area contributed by atoms with E-state index in [-0.39, 0.29) is 0 Å². The van der Waals surface area contributed by atoms with Gasteiger partial charge < -0.3 is 0 Å². The molecule has 0 unspecified atom stereocenters. The van der Waals surface area contributed by atoms with Gasteiger partial charge >= 0.3 is 0 Å². The third kappa shape index (κ3) is 0.783. The molecule has 0 amide bonds. The Balaban J connectivity index is 2.27. The van der Waals surface area contributed by atoms with E-state index in [1.54, 1.807) is 0 Å². The summed E-state index contributed by atoms with van der Waals surface area (Å²) in [6.45, 7) is 2.01. The molecule has 7 heavy (non-hydrogen) atoms. The van der Waals surface area contributed by atoms with Gasteiger partial charge in [-0.1, -0.05) is 0 Å². The molecule has 0 aromatic heterocycles. The molecule has 0 bridgehead atoms. The topological polar surface area (TPSA) is 39.5 Å². The fraction of sp³-hybridized carbons (Fsp3) is 0.750. The predicted octanol–water partition coefficient (Wildman–Crippen LogP) is 0.360. The van der Waals surface area contributed by atoms with Crippen molar-refractivity contribution < 1.29 is 0 Å². The lowest BCUT2D eigenvalue weighted by Crippen LogP contribution is -2.31. The summed E-state index contributed by atoms with van der Waals surface area (Å²) in [7, 11) is 0. The van der Waals surface area contributed by atoms with Crippen molar-refractivity contribution in [3.63, 3.8) is 0 Å². The average molecular weight is 97.1 g/mol. The summed E-state index contributed by atoms with van der Waals surface area (Å²) in [5.74, 6) is 0. The standard InChI is InChI=1S/C4H7N3/c5-4-6-7-2-1-3-7/h5H,1-3H2. The monoisotopic (exact) mass is 97.1 g/mol. The van der Waals surface area contributed by atoms with Crippen LogP contribution in [0.2, 0.25) is 0 Å². The fourth-order valence-corrected chi connectivity index (χ4v) is 0.470. The molecular weight excluding hydrogens is 90.1 g/mol. The summed E-state index contributed by atoms with van der Waals surface area (Å²) in [6.07, 6.45) is 1.21. The van der Waals surface area contributed by atoms with Crippen molar-refractivity contribution in [3.8, 4) is 0 Å². The molecule has 1 heterocycles. The number of hydrogen-bond acceptors (Lipinski definition) is 3. The molecule has 0 saturated carbocycles. The maximum Gasteiger partial charge on any atom is 0.111 e. The summed E-state index contributed by atoms with van der Waals surface area (Å²) in [5.41, 5.74) is 0. The van der Waals surface area contributed by atoms with Gasteiger partial charge in [0.2, 0.25) is 0 Å². The summed E-state index contributed by atoms with van der Waals surface area (Å²) in [4.78, 5) is 0. The van der Waals surface area contributed by atoms with Crippen molar-refractivity contribution in [2.24, 2.45) is 5.10 Å². The minimum atomic E-state index is 1.01. The van der Waals surface area contributed by atoms with Crippen molar-refractivity contribution >= 4 is 6.01 Å². The van der Waals surface area contributed by atoms with E-state index in [1.165, 1.54) is 6.42 Å². The smallest absolute Gasteiger partial charge is 0.111 e. The molecule has 1 rings (SSSR count).